The Labute approximate surface area is 106 Å². The van der Waals surface area contributed by atoms with E-state index in [-0.39, 0.29) is 11.8 Å². The first kappa shape index (κ1) is 14.9. The van der Waals surface area contributed by atoms with Crippen LogP contribution in [0.5, 0.6) is 5.75 Å². The van der Waals surface area contributed by atoms with Crippen LogP contribution >= 0.6 is 0 Å². The molecule has 0 aliphatic carbocycles. The van der Waals surface area contributed by atoms with E-state index in [4.69, 9.17) is 4.74 Å². The van der Waals surface area contributed by atoms with Gasteiger partial charge in [0.15, 0.2) is 0 Å². The molecule has 0 spiro atoms. The molecular weight excluding hydrogens is 240 g/mol. The van der Waals surface area contributed by atoms with E-state index in [1.807, 2.05) is 6.92 Å². The number of ether oxygens (including phenoxy) is 2. The lowest BCUT2D eigenvalue weighted by atomic mass is 10.1. The Morgan fingerprint density at radius 1 is 1.28 bits per heavy atom. The van der Waals surface area contributed by atoms with Gasteiger partial charge in [-0.15, -0.1) is 0 Å². The van der Waals surface area contributed by atoms with E-state index in [9.17, 15) is 8.78 Å². The molecule has 1 aromatic rings. The van der Waals surface area contributed by atoms with Crippen LogP contribution in [0.1, 0.15) is 18.9 Å². The Morgan fingerprint density at radius 2 is 2.00 bits per heavy atom. The summed E-state index contributed by atoms with van der Waals surface area (Å²) in [6, 6.07) is 6.99. The highest BCUT2D eigenvalue weighted by Crippen LogP contribution is 2.20. The first-order chi connectivity index (χ1) is 8.67. The highest BCUT2D eigenvalue weighted by molar-refractivity contribution is 5.33. The molecule has 1 rings (SSSR count). The van der Waals surface area contributed by atoms with Gasteiger partial charge in [0.25, 0.3) is 0 Å². The van der Waals surface area contributed by atoms with Crippen molar-refractivity contribution in [3.63, 3.8) is 0 Å². The molecule has 1 atom stereocenters. The van der Waals surface area contributed by atoms with Crippen molar-refractivity contribution in [3.05, 3.63) is 29.8 Å². The number of rotatable bonds is 8. The fraction of sp³-hybridized carbons (Fsp3) is 0.538. The van der Waals surface area contributed by atoms with E-state index in [1.165, 1.54) is 0 Å². The van der Waals surface area contributed by atoms with Crippen LogP contribution in [0.25, 0.3) is 0 Å². The van der Waals surface area contributed by atoms with Gasteiger partial charge in [-0.3, -0.25) is 0 Å². The topological polar surface area (TPSA) is 30.5 Å². The molecule has 0 radical (unpaired) electrons. The Bertz CT molecular complexity index is 348. The Hall–Kier alpha value is -1.20. The molecule has 18 heavy (non-hydrogen) atoms. The van der Waals surface area contributed by atoms with E-state index in [1.54, 1.807) is 31.4 Å². The number of para-hydroxylation sites is 1. The number of hydrogen-bond donors (Lipinski definition) is 1. The van der Waals surface area contributed by atoms with E-state index in [0.717, 1.165) is 6.42 Å². The van der Waals surface area contributed by atoms with Gasteiger partial charge >= 0.3 is 6.61 Å². The first-order valence-electron chi connectivity index (χ1n) is 5.92. The summed E-state index contributed by atoms with van der Waals surface area (Å²) in [4.78, 5) is 0. The molecule has 0 aliphatic heterocycles. The largest absolute Gasteiger partial charge is 0.434 e. The van der Waals surface area contributed by atoms with Crippen LogP contribution in [0.3, 0.4) is 0 Å². The smallest absolute Gasteiger partial charge is 0.387 e. The lowest BCUT2D eigenvalue weighted by Crippen LogP contribution is -2.32. The lowest BCUT2D eigenvalue weighted by Gasteiger charge is -2.17. The number of hydrogen-bond acceptors (Lipinski definition) is 3. The molecule has 0 saturated heterocycles. The Kier molecular flexibility index (Phi) is 6.60. The number of methoxy groups -OCH3 is 1. The van der Waals surface area contributed by atoms with Gasteiger partial charge in [-0.05, 0) is 12.5 Å². The zero-order valence-corrected chi connectivity index (χ0v) is 10.7. The highest BCUT2D eigenvalue weighted by atomic mass is 19.3. The van der Waals surface area contributed by atoms with Crippen molar-refractivity contribution in [2.24, 2.45) is 0 Å². The highest BCUT2D eigenvalue weighted by Gasteiger charge is 2.10. The maximum absolute atomic E-state index is 12.2. The normalized spacial score (nSPS) is 12.7. The zero-order chi connectivity index (χ0) is 13.4. The molecule has 0 heterocycles. The van der Waals surface area contributed by atoms with E-state index >= 15 is 0 Å². The third kappa shape index (κ3) is 4.98. The molecule has 1 aromatic carbocycles. The number of halogens is 2. The molecule has 0 saturated carbocycles. The van der Waals surface area contributed by atoms with Crippen LogP contribution in [0.2, 0.25) is 0 Å². The predicted octanol–water partition coefficient (Wildman–Crippen LogP) is 2.80. The Balaban J connectivity index is 2.60. The summed E-state index contributed by atoms with van der Waals surface area (Å²) >= 11 is 0. The van der Waals surface area contributed by atoms with Crippen LogP contribution in [-0.4, -0.2) is 26.4 Å². The summed E-state index contributed by atoms with van der Waals surface area (Å²) in [6.07, 6.45) is 0.908. The summed E-state index contributed by atoms with van der Waals surface area (Å²) < 4.78 is 34.0. The molecule has 1 N–H and O–H groups in total. The molecule has 0 amide bonds. The second kappa shape index (κ2) is 8.00. The molecule has 102 valence electrons. The third-order valence-corrected chi connectivity index (χ3v) is 2.63. The number of nitrogens with one attached hydrogen (secondary N) is 1. The first-order valence-corrected chi connectivity index (χ1v) is 5.92. The standard InChI is InChI=1S/C13H19F2NO2/c1-3-11(9-17-2)16-8-10-6-4-5-7-12(10)18-13(14)15/h4-7,11,13,16H,3,8-9H2,1-2H3. The van der Waals surface area contributed by atoms with Gasteiger partial charge in [-0.25, -0.2) is 0 Å². The van der Waals surface area contributed by atoms with Gasteiger partial charge in [0, 0.05) is 25.3 Å². The van der Waals surface area contributed by atoms with Crippen molar-refractivity contribution in [1.29, 1.82) is 0 Å². The summed E-state index contributed by atoms with van der Waals surface area (Å²) in [5.41, 5.74) is 0.715. The number of benzene rings is 1. The van der Waals surface area contributed by atoms with Gasteiger partial charge in [0.1, 0.15) is 5.75 Å². The molecular formula is C13H19F2NO2. The SMILES string of the molecule is CCC(COC)NCc1ccccc1OC(F)F. The summed E-state index contributed by atoms with van der Waals surface area (Å²) in [6.45, 7) is 0.310. The monoisotopic (exact) mass is 259 g/mol. The summed E-state index contributed by atoms with van der Waals surface area (Å²) in [5, 5.41) is 3.25. The molecule has 0 bridgehead atoms. The van der Waals surface area contributed by atoms with Gasteiger partial charge in [-0.1, -0.05) is 25.1 Å². The van der Waals surface area contributed by atoms with Gasteiger partial charge < -0.3 is 14.8 Å². The molecule has 0 aromatic heterocycles. The molecule has 0 aliphatic rings. The number of alkyl halides is 2. The average Bonchev–Trinajstić information content (AvgIpc) is 2.35. The quantitative estimate of drug-likeness (QED) is 0.778. The average molecular weight is 259 g/mol. The zero-order valence-electron chi connectivity index (χ0n) is 10.7. The minimum Gasteiger partial charge on any atom is -0.434 e. The minimum atomic E-state index is -2.80. The lowest BCUT2D eigenvalue weighted by molar-refractivity contribution is -0.0505. The van der Waals surface area contributed by atoms with Crippen LogP contribution in [0, 0.1) is 0 Å². The molecule has 5 heteroatoms. The maximum Gasteiger partial charge on any atom is 0.387 e. The molecule has 0 fully saturated rings. The van der Waals surface area contributed by atoms with Gasteiger partial charge in [-0.2, -0.15) is 8.78 Å². The van der Waals surface area contributed by atoms with E-state index in [0.29, 0.717) is 18.7 Å². The van der Waals surface area contributed by atoms with Crippen molar-refractivity contribution in [2.75, 3.05) is 13.7 Å². The van der Waals surface area contributed by atoms with Gasteiger partial charge in [0.05, 0.1) is 6.61 Å². The van der Waals surface area contributed by atoms with Crippen LogP contribution in [0.4, 0.5) is 8.78 Å². The van der Waals surface area contributed by atoms with Crippen LogP contribution in [0.15, 0.2) is 24.3 Å². The minimum absolute atomic E-state index is 0.203. The second-order valence-corrected chi connectivity index (χ2v) is 3.93. The predicted molar refractivity (Wildman–Crippen MR) is 65.9 cm³/mol. The van der Waals surface area contributed by atoms with Crippen molar-refractivity contribution < 1.29 is 18.3 Å². The van der Waals surface area contributed by atoms with Gasteiger partial charge in [0.2, 0.25) is 0 Å². The molecule has 1 unspecified atom stereocenters. The maximum atomic E-state index is 12.2. The van der Waals surface area contributed by atoms with Crippen LogP contribution < -0.4 is 10.1 Å². The fourth-order valence-corrected chi connectivity index (χ4v) is 1.64. The summed E-state index contributed by atoms with van der Waals surface area (Å²) in [7, 11) is 1.64. The van der Waals surface area contributed by atoms with Crippen molar-refractivity contribution in [3.8, 4) is 5.75 Å². The van der Waals surface area contributed by atoms with E-state index in [2.05, 4.69) is 10.1 Å². The van der Waals surface area contributed by atoms with Crippen molar-refractivity contribution >= 4 is 0 Å². The Morgan fingerprint density at radius 3 is 2.61 bits per heavy atom. The van der Waals surface area contributed by atoms with Crippen molar-refractivity contribution in [2.45, 2.75) is 32.5 Å². The molecule has 3 nitrogen and oxygen atoms in total. The third-order valence-electron chi connectivity index (χ3n) is 2.63. The van der Waals surface area contributed by atoms with Crippen LogP contribution in [-0.2, 0) is 11.3 Å². The van der Waals surface area contributed by atoms with Crippen molar-refractivity contribution in [1.82, 2.24) is 5.32 Å². The summed E-state index contributed by atoms with van der Waals surface area (Å²) in [5.74, 6) is 0.215. The second-order valence-electron chi connectivity index (χ2n) is 3.93. The fourth-order valence-electron chi connectivity index (χ4n) is 1.64. The van der Waals surface area contributed by atoms with E-state index < -0.39 is 6.61 Å².